The van der Waals surface area contributed by atoms with Crippen LogP contribution in [0.25, 0.3) is 0 Å². The van der Waals surface area contributed by atoms with Crippen LogP contribution in [0.5, 0.6) is 0 Å². The fraction of sp³-hybridized carbons (Fsp3) is 0.667. The summed E-state index contributed by atoms with van der Waals surface area (Å²) in [6.45, 7) is 3.67. The van der Waals surface area contributed by atoms with Crippen LogP contribution in [0.3, 0.4) is 0 Å². The SMILES string of the molecule is CCCC(CN)C(=O)Nc1cnn(CCOC)c1. The molecule has 3 N–H and O–H groups in total. The molecule has 6 nitrogen and oxygen atoms in total. The number of ether oxygens (including phenoxy) is 1. The van der Waals surface area contributed by atoms with Gasteiger partial charge in [0.05, 0.1) is 31.0 Å². The second-order valence-corrected chi connectivity index (χ2v) is 4.20. The van der Waals surface area contributed by atoms with Crippen LogP contribution < -0.4 is 11.1 Å². The van der Waals surface area contributed by atoms with Crippen LogP contribution in [0, 0.1) is 5.92 Å². The smallest absolute Gasteiger partial charge is 0.228 e. The highest BCUT2D eigenvalue weighted by molar-refractivity contribution is 5.92. The zero-order chi connectivity index (χ0) is 13.4. The number of nitrogens with two attached hydrogens (primary N) is 1. The first-order chi connectivity index (χ1) is 8.71. The van der Waals surface area contributed by atoms with E-state index in [2.05, 4.69) is 10.4 Å². The maximum Gasteiger partial charge on any atom is 0.228 e. The molecule has 0 bridgehead atoms. The van der Waals surface area contributed by atoms with E-state index in [0.717, 1.165) is 12.8 Å². The number of methoxy groups -OCH3 is 1. The normalized spacial score (nSPS) is 12.4. The van der Waals surface area contributed by atoms with E-state index in [1.165, 1.54) is 0 Å². The van der Waals surface area contributed by atoms with E-state index in [4.69, 9.17) is 10.5 Å². The van der Waals surface area contributed by atoms with Gasteiger partial charge in [0.15, 0.2) is 0 Å². The number of rotatable bonds is 8. The van der Waals surface area contributed by atoms with Gasteiger partial charge in [0.1, 0.15) is 0 Å². The number of aromatic nitrogens is 2. The summed E-state index contributed by atoms with van der Waals surface area (Å²) < 4.78 is 6.69. The largest absolute Gasteiger partial charge is 0.383 e. The first-order valence-corrected chi connectivity index (χ1v) is 6.23. The van der Waals surface area contributed by atoms with Crippen LogP contribution in [0.15, 0.2) is 12.4 Å². The molecular formula is C12H22N4O2. The molecule has 1 rings (SSSR count). The number of carbonyl (C=O) groups is 1. The average Bonchev–Trinajstić information content (AvgIpc) is 2.80. The van der Waals surface area contributed by atoms with Gasteiger partial charge in [0.2, 0.25) is 5.91 Å². The Morgan fingerprint density at radius 1 is 1.67 bits per heavy atom. The van der Waals surface area contributed by atoms with Crippen molar-refractivity contribution in [1.29, 1.82) is 0 Å². The zero-order valence-electron chi connectivity index (χ0n) is 11.1. The predicted octanol–water partition coefficient (Wildman–Crippen LogP) is 0.843. The molecule has 102 valence electrons. The molecule has 0 radical (unpaired) electrons. The summed E-state index contributed by atoms with van der Waals surface area (Å²) in [6, 6.07) is 0. The molecule has 1 aromatic rings. The van der Waals surface area contributed by atoms with E-state index in [9.17, 15) is 4.79 Å². The van der Waals surface area contributed by atoms with Crippen molar-refractivity contribution < 1.29 is 9.53 Å². The van der Waals surface area contributed by atoms with Crippen molar-refractivity contribution in [3.8, 4) is 0 Å². The molecule has 0 spiro atoms. The molecule has 0 saturated carbocycles. The van der Waals surface area contributed by atoms with Gasteiger partial charge in [0, 0.05) is 19.9 Å². The Balaban J connectivity index is 2.50. The summed E-state index contributed by atoms with van der Waals surface area (Å²) in [5, 5.41) is 6.96. The van der Waals surface area contributed by atoms with E-state index in [-0.39, 0.29) is 11.8 Å². The van der Waals surface area contributed by atoms with Gasteiger partial charge in [-0.1, -0.05) is 13.3 Å². The molecule has 0 aliphatic heterocycles. The van der Waals surface area contributed by atoms with E-state index in [1.807, 2.05) is 6.92 Å². The van der Waals surface area contributed by atoms with Crippen LogP contribution in [-0.2, 0) is 16.1 Å². The molecule has 18 heavy (non-hydrogen) atoms. The lowest BCUT2D eigenvalue weighted by Crippen LogP contribution is -2.29. The number of nitrogens with zero attached hydrogens (tertiary/aromatic N) is 2. The van der Waals surface area contributed by atoms with Crippen molar-refractivity contribution in [2.75, 3.05) is 25.6 Å². The van der Waals surface area contributed by atoms with Crippen molar-refractivity contribution in [2.45, 2.75) is 26.3 Å². The van der Waals surface area contributed by atoms with E-state index in [1.54, 1.807) is 24.2 Å². The minimum atomic E-state index is -0.127. The molecule has 1 aromatic heterocycles. The second-order valence-electron chi connectivity index (χ2n) is 4.20. The lowest BCUT2D eigenvalue weighted by Gasteiger charge is -2.12. The molecule has 0 saturated heterocycles. The van der Waals surface area contributed by atoms with Gasteiger partial charge >= 0.3 is 0 Å². The highest BCUT2D eigenvalue weighted by Gasteiger charge is 2.16. The summed E-state index contributed by atoms with van der Waals surface area (Å²) in [7, 11) is 1.64. The van der Waals surface area contributed by atoms with Crippen molar-refractivity contribution in [2.24, 2.45) is 11.7 Å². The first-order valence-electron chi connectivity index (χ1n) is 6.23. The Morgan fingerprint density at radius 2 is 2.44 bits per heavy atom. The summed E-state index contributed by atoms with van der Waals surface area (Å²) in [5.74, 6) is -0.164. The lowest BCUT2D eigenvalue weighted by atomic mass is 10.0. The van der Waals surface area contributed by atoms with E-state index in [0.29, 0.717) is 25.4 Å². The fourth-order valence-electron chi connectivity index (χ4n) is 1.68. The molecule has 0 aromatic carbocycles. The van der Waals surface area contributed by atoms with Crippen molar-refractivity contribution in [3.05, 3.63) is 12.4 Å². The molecule has 0 aliphatic carbocycles. The molecular weight excluding hydrogens is 232 g/mol. The maximum absolute atomic E-state index is 11.9. The van der Waals surface area contributed by atoms with Gasteiger partial charge in [-0.15, -0.1) is 0 Å². The number of nitrogens with one attached hydrogen (secondary N) is 1. The average molecular weight is 254 g/mol. The number of anilines is 1. The van der Waals surface area contributed by atoms with Crippen molar-refractivity contribution in [3.63, 3.8) is 0 Å². The third-order valence-electron chi connectivity index (χ3n) is 2.72. The maximum atomic E-state index is 11.9. The zero-order valence-corrected chi connectivity index (χ0v) is 11.1. The van der Waals surface area contributed by atoms with Crippen LogP contribution in [0.1, 0.15) is 19.8 Å². The summed E-state index contributed by atoms with van der Waals surface area (Å²) in [5.41, 5.74) is 6.29. The Kier molecular flexibility index (Phi) is 6.38. The number of carbonyl (C=O) groups excluding carboxylic acids is 1. The minimum Gasteiger partial charge on any atom is -0.383 e. The van der Waals surface area contributed by atoms with Gasteiger partial charge in [0.25, 0.3) is 0 Å². The molecule has 0 aliphatic rings. The van der Waals surface area contributed by atoms with Crippen LogP contribution in [0.2, 0.25) is 0 Å². The predicted molar refractivity (Wildman–Crippen MR) is 70.2 cm³/mol. The summed E-state index contributed by atoms with van der Waals surface area (Å²) in [4.78, 5) is 11.9. The molecule has 1 atom stereocenters. The Morgan fingerprint density at radius 3 is 3.06 bits per heavy atom. The van der Waals surface area contributed by atoms with Crippen molar-refractivity contribution in [1.82, 2.24) is 9.78 Å². The molecule has 6 heteroatoms. The minimum absolute atomic E-state index is 0.0364. The quantitative estimate of drug-likeness (QED) is 0.720. The Labute approximate surface area is 107 Å². The third kappa shape index (κ3) is 4.46. The molecule has 1 heterocycles. The first kappa shape index (κ1) is 14.7. The topological polar surface area (TPSA) is 82.2 Å². The van der Waals surface area contributed by atoms with Gasteiger partial charge in [-0.3, -0.25) is 9.48 Å². The Hall–Kier alpha value is -1.40. The highest BCUT2D eigenvalue weighted by atomic mass is 16.5. The Bertz CT molecular complexity index is 365. The standard InChI is InChI=1S/C12H22N4O2/c1-3-4-10(7-13)12(17)15-11-8-14-16(9-11)5-6-18-2/h8-10H,3-7,13H2,1-2H3,(H,15,17). The number of hydrogen-bond acceptors (Lipinski definition) is 4. The van der Waals surface area contributed by atoms with E-state index < -0.39 is 0 Å². The molecule has 0 fully saturated rings. The fourth-order valence-corrected chi connectivity index (χ4v) is 1.68. The van der Waals surface area contributed by atoms with Gasteiger partial charge in [-0.2, -0.15) is 5.10 Å². The van der Waals surface area contributed by atoms with Gasteiger partial charge < -0.3 is 15.8 Å². The number of hydrogen-bond donors (Lipinski definition) is 2. The molecule has 1 unspecified atom stereocenters. The molecule has 1 amide bonds. The van der Waals surface area contributed by atoms with Crippen LogP contribution >= 0.6 is 0 Å². The van der Waals surface area contributed by atoms with Gasteiger partial charge in [-0.25, -0.2) is 0 Å². The summed E-state index contributed by atoms with van der Waals surface area (Å²) in [6.07, 6.45) is 5.17. The van der Waals surface area contributed by atoms with Gasteiger partial charge in [-0.05, 0) is 6.42 Å². The highest BCUT2D eigenvalue weighted by Crippen LogP contribution is 2.10. The second kappa shape index (κ2) is 7.84. The van der Waals surface area contributed by atoms with Crippen molar-refractivity contribution >= 4 is 11.6 Å². The van der Waals surface area contributed by atoms with E-state index >= 15 is 0 Å². The summed E-state index contributed by atoms with van der Waals surface area (Å²) >= 11 is 0. The monoisotopic (exact) mass is 254 g/mol. The number of amides is 1. The van der Waals surface area contributed by atoms with Crippen LogP contribution in [-0.4, -0.2) is 35.9 Å². The lowest BCUT2D eigenvalue weighted by molar-refractivity contribution is -0.119. The van der Waals surface area contributed by atoms with Crippen LogP contribution in [0.4, 0.5) is 5.69 Å². The third-order valence-corrected chi connectivity index (χ3v) is 2.72.